The van der Waals surface area contributed by atoms with Crippen LogP contribution >= 0.6 is 22.7 Å². The summed E-state index contributed by atoms with van der Waals surface area (Å²) in [4.78, 5) is 36.6. The molecule has 0 fully saturated rings. The van der Waals surface area contributed by atoms with Gasteiger partial charge in [-0.25, -0.2) is 9.97 Å². The third-order valence-corrected chi connectivity index (χ3v) is 7.82. The Balaban J connectivity index is 1.51. The highest BCUT2D eigenvalue weighted by molar-refractivity contribution is 7.23. The van der Waals surface area contributed by atoms with Crippen molar-refractivity contribution in [3.8, 4) is 0 Å². The smallest absolute Gasteiger partial charge is 0.267 e. The molecular formula is C22H22N4O2S2. The van der Waals surface area contributed by atoms with Crippen LogP contribution in [0, 0.1) is 6.92 Å². The van der Waals surface area contributed by atoms with E-state index < -0.39 is 0 Å². The second kappa shape index (κ2) is 7.59. The highest BCUT2D eigenvalue weighted by Crippen LogP contribution is 2.31. The SMILES string of the molecule is CCc1ccc2nc(NC(=O)c3sc4nc5n(c(=O)c4c3C)CCCCC5)sc2c1. The molecule has 1 aliphatic heterocycles. The minimum absolute atomic E-state index is 0.0169. The van der Waals surface area contributed by atoms with E-state index in [9.17, 15) is 9.59 Å². The van der Waals surface area contributed by atoms with E-state index in [4.69, 9.17) is 4.98 Å². The summed E-state index contributed by atoms with van der Waals surface area (Å²) < 4.78 is 2.86. The van der Waals surface area contributed by atoms with Crippen molar-refractivity contribution in [2.45, 2.75) is 52.5 Å². The van der Waals surface area contributed by atoms with Gasteiger partial charge in [0.05, 0.1) is 20.5 Å². The Bertz CT molecular complexity index is 1350. The van der Waals surface area contributed by atoms with Gasteiger partial charge >= 0.3 is 0 Å². The van der Waals surface area contributed by atoms with Crippen molar-refractivity contribution in [2.75, 3.05) is 5.32 Å². The van der Waals surface area contributed by atoms with Crippen LogP contribution in [-0.4, -0.2) is 20.4 Å². The minimum atomic E-state index is -0.232. The van der Waals surface area contributed by atoms with Crippen molar-refractivity contribution in [1.82, 2.24) is 14.5 Å². The van der Waals surface area contributed by atoms with Gasteiger partial charge in [-0.15, -0.1) is 11.3 Å². The number of amides is 1. The molecular weight excluding hydrogens is 416 g/mol. The lowest BCUT2D eigenvalue weighted by Gasteiger charge is -2.08. The van der Waals surface area contributed by atoms with Gasteiger partial charge in [-0.1, -0.05) is 30.7 Å². The van der Waals surface area contributed by atoms with Crippen molar-refractivity contribution in [1.29, 1.82) is 0 Å². The molecule has 1 aromatic carbocycles. The summed E-state index contributed by atoms with van der Waals surface area (Å²) in [6, 6.07) is 6.17. The largest absolute Gasteiger partial charge is 0.297 e. The van der Waals surface area contributed by atoms with E-state index in [-0.39, 0.29) is 11.5 Å². The molecule has 5 rings (SSSR count). The molecule has 0 saturated carbocycles. The monoisotopic (exact) mass is 438 g/mol. The predicted molar refractivity (Wildman–Crippen MR) is 123 cm³/mol. The Morgan fingerprint density at radius 2 is 2.07 bits per heavy atom. The first-order valence-corrected chi connectivity index (χ1v) is 11.9. The number of thiophene rings is 1. The quantitative estimate of drug-likeness (QED) is 0.493. The van der Waals surface area contributed by atoms with Gasteiger partial charge in [-0.3, -0.25) is 19.5 Å². The fraction of sp³-hybridized carbons (Fsp3) is 0.364. The summed E-state index contributed by atoms with van der Waals surface area (Å²) in [6.45, 7) is 4.66. The van der Waals surface area contributed by atoms with E-state index >= 15 is 0 Å². The molecule has 0 atom stereocenters. The van der Waals surface area contributed by atoms with Crippen molar-refractivity contribution < 1.29 is 4.79 Å². The van der Waals surface area contributed by atoms with Crippen LogP contribution in [-0.2, 0) is 19.4 Å². The van der Waals surface area contributed by atoms with Gasteiger partial charge in [0.1, 0.15) is 10.7 Å². The fourth-order valence-corrected chi connectivity index (χ4v) is 6.03. The Morgan fingerprint density at radius 1 is 1.20 bits per heavy atom. The van der Waals surface area contributed by atoms with E-state index in [1.54, 1.807) is 4.57 Å². The van der Waals surface area contributed by atoms with Crippen LogP contribution in [0.3, 0.4) is 0 Å². The number of carbonyl (C=O) groups is 1. The second-order valence-corrected chi connectivity index (χ2v) is 9.69. The standard InChI is InChI=1S/C22H22N4O2S2/c1-3-13-8-9-14-15(11-13)29-22(23-14)25-19(27)18-12(2)17-20(30-18)24-16-7-5-4-6-10-26(16)21(17)28/h8-9,11H,3-7,10H2,1-2H3,(H,23,25,27). The van der Waals surface area contributed by atoms with Crippen molar-refractivity contribution in [3.63, 3.8) is 0 Å². The molecule has 4 aromatic rings. The van der Waals surface area contributed by atoms with Gasteiger partial charge in [-0.05, 0) is 49.4 Å². The Kier molecular flexibility index (Phi) is 4.91. The molecule has 8 heteroatoms. The van der Waals surface area contributed by atoms with Gasteiger partial charge in [0.2, 0.25) is 0 Å². The number of hydrogen-bond donors (Lipinski definition) is 1. The van der Waals surface area contributed by atoms with Crippen LogP contribution in [0.15, 0.2) is 23.0 Å². The maximum atomic E-state index is 13.1. The second-order valence-electron chi connectivity index (χ2n) is 7.66. The van der Waals surface area contributed by atoms with E-state index in [1.807, 2.05) is 13.0 Å². The molecule has 0 unspecified atom stereocenters. The van der Waals surface area contributed by atoms with Crippen LogP contribution in [0.4, 0.5) is 5.13 Å². The number of anilines is 1. The molecule has 1 amide bonds. The molecule has 30 heavy (non-hydrogen) atoms. The van der Waals surface area contributed by atoms with Crippen LogP contribution in [0.5, 0.6) is 0 Å². The van der Waals surface area contributed by atoms with Crippen molar-refractivity contribution in [2.24, 2.45) is 0 Å². The lowest BCUT2D eigenvalue weighted by molar-refractivity contribution is 0.103. The van der Waals surface area contributed by atoms with Crippen molar-refractivity contribution >= 4 is 54.1 Å². The van der Waals surface area contributed by atoms with Gasteiger partial charge in [0.15, 0.2) is 5.13 Å². The van der Waals surface area contributed by atoms with E-state index in [1.165, 1.54) is 28.2 Å². The number of nitrogens with zero attached hydrogens (tertiary/aromatic N) is 3. The van der Waals surface area contributed by atoms with Gasteiger partial charge < -0.3 is 0 Å². The first-order valence-electron chi connectivity index (χ1n) is 10.3. The molecule has 0 spiro atoms. The first kappa shape index (κ1) is 19.4. The minimum Gasteiger partial charge on any atom is -0.297 e. The number of aromatic nitrogens is 3. The summed E-state index contributed by atoms with van der Waals surface area (Å²) in [5.41, 5.74) is 2.82. The fourth-order valence-electron chi connectivity index (χ4n) is 4.02. The molecule has 1 N–H and O–H groups in total. The highest BCUT2D eigenvalue weighted by Gasteiger charge is 2.23. The molecule has 0 saturated heterocycles. The molecule has 6 nitrogen and oxygen atoms in total. The van der Waals surface area contributed by atoms with Crippen LogP contribution in [0.2, 0.25) is 0 Å². The Hall–Kier alpha value is -2.58. The van der Waals surface area contributed by atoms with Gasteiger partial charge in [0, 0.05) is 13.0 Å². The topological polar surface area (TPSA) is 76.9 Å². The number of benzene rings is 1. The highest BCUT2D eigenvalue weighted by atomic mass is 32.1. The Labute approximate surface area is 181 Å². The van der Waals surface area contributed by atoms with Crippen LogP contribution in [0.1, 0.15) is 52.8 Å². The molecule has 1 aliphatic rings. The Morgan fingerprint density at radius 3 is 2.90 bits per heavy atom. The lowest BCUT2D eigenvalue weighted by atomic mass is 10.2. The number of thiazole rings is 1. The number of carbonyl (C=O) groups excluding carboxylic acids is 1. The number of hydrogen-bond acceptors (Lipinski definition) is 6. The number of nitrogens with one attached hydrogen (secondary N) is 1. The summed E-state index contributed by atoms with van der Waals surface area (Å²) in [6.07, 6.45) is 4.93. The molecule has 3 aromatic heterocycles. The summed E-state index contributed by atoms with van der Waals surface area (Å²) in [5.74, 6) is 0.612. The molecule has 0 radical (unpaired) electrons. The molecule has 0 aliphatic carbocycles. The van der Waals surface area contributed by atoms with Gasteiger partial charge in [-0.2, -0.15) is 0 Å². The summed E-state index contributed by atoms with van der Waals surface area (Å²) in [5, 5.41) is 4.07. The molecule has 0 bridgehead atoms. The summed E-state index contributed by atoms with van der Waals surface area (Å²) >= 11 is 2.77. The zero-order valence-electron chi connectivity index (χ0n) is 16.9. The van der Waals surface area contributed by atoms with Gasteiger partial charge in [0.25, 0.3) is 11.5 Å². The number of fused-ring (bicyclic) bond motifs is 3. The molecule has 4 heterocycles. The number of rotatable bonds is 3. The van der Waals surface area contributed by atoms with E-state index in [0.717, 1.165) is 48.1 Å². The lowest BCUT2D eigenvalue weighted by Crippen LogP contribution is -2.24. The normalized spacial score (nSPS) is 14.1. The molecule has 154 valence electrons. The average Bonchev–Trinajstić information content (AvgIpc) is 3.18. The summed E-state index contributed by atoms with van der Waals surface area (Å²) in [7, 11) is 0. The predicted octanol–water partition coefficient (Wildman–Crippen LogP) is 4.92. The van der Waals surface area contributed by atoms with Crippen molar-refractivity contribution in [3.05, 3.63) is 50.4 Å². The zero-order chi connectivity index (χ0) is 20.8. The number of aryl methyl sites for hydroxylation is 3. The third-order valence-electron chi connectivity index (χ3n) is 5.70. The third kappa shape index (κ3) is 3.24. The maximum absolute atomic E-state index is 13.1. The zero-order valence-corrected chi connectivity index (χ0v) is 18.6. The average molecular weight is 439 g/mol. The first-order chi connectivity index (χ1) is 14.5. The van der Waals surface area contributed by atoms with E-state index in [2.05, 4.69) is 29.4 Å². The van der Waals surface area contributed by atoms with E-state index in [0.29, 0.717) is 32.3 Å². The maximum Gasteiger partial charge on any atom is 0.267 e. The van der Waals surface area contributed by atoms with Crippen LogP contribution < -0.4 is 10.9 Å². The van der Waals surface area contributed by atoms with Crippen LogP contribution in [0.25, 0.3) is 20.4 Å².